The molecule has 0 saturated carbocycles. The van der Waals surface area contributed by atoms with Crippen LogP contribution in [0.1, 0.15) is 23.1 Å². The van der Waals surface area contributed by atoms with E-state index in [2.05, 4.69) is 30.1 Å². The van der Waals surface area contributed by atoms with Crippen LogP contribution in [-0.2, 0) is 16.0 Å². The zero-order valence-electron chi connectivity index (χ0n) is 13.8. The number of nitrogens with zero attached hydrogens (tertiary/aromatic N) is 1. The minimum atomic E-state index is -0.420. The number of esters is 1. The SMILES string of the molecule is Cc1cccc(CCC2=N/C(=C/c3ccc4c(c3)OCO4)C(=O)O2)c1. The van der Waals surface area contributed by atoms with Crippen molar-refractivity contribution >= 4 is 17.9 Å². The molecule has 0 spiro atoms. The highest BCUT2D eigenvalue weighted by molar-refractivity contribution is 6.07. The molecule has 0 radical (unpaired) electrons. The van der Waals surface area contributed by atoms with E-state index in [1.165, 1.54) is 11.1 Å². The second kappa shape index (κ2) is 6.43. The van der Waals surface area contributed by atoms with Crippen LogP contribution in [0.4, 0.5) is 0 Å². The topological polar surface area (TPSA) is 57.1 Å². The van der Waals surface area contributed by atoms with Crippen LogP contribution in [0.2, 0.25) is 0 Å². The van der Waals surface area contributed by atoms with E-state index in [0.717, 1.165) is 12.0 Å². The first-order valence-corrected chi connectivity index (χ1v) is 8.14. The summed E-state index contributed by atoms with van der Waals surface area (Å²) in [5.41, 5.74) is 3.54. The predicted octanol–water partition coefficient (Wildman–Crippen LogP) is 3.65. The maximum atomic E-state index is 12.0. The van der Waals surface area contributed by atoms with Crippen molar-refractivity contribution in [2.24, 2.45) is 4.99 Å². The highest BCUT2D eigenvalue weighted by Crippen LogP contribution is 2.33. The molecule has 0 unspecified atom stereocenters. The number of aryl methyl sites for hydroxylation is 2. The van der Waals surface area contributed by atoms with Gasteiger partial charge in [-0.2, -0.15) is 0 Å². The predicted molar refractivity (Wildman–Crippen MR) is 93.6 cm³/mol. The fraction of sp³-hybridized carbons (Fsp3) is 0.200. The molecule has 0 bridgehead atoms. The second-order valence-electron chi connectivity index (χ2n) is 6.03. The molecule has 25 heavy (non-hydrogen) atoms. The molecule has 5 heteroatoms. The number of hydrogen-bond acceptors (Lipinski definition) is 5. The van der Waals surface area contributed by atoms with Crippen molar-refractivity contribution in [2.45, 2.75) is 19.8 Å². The molecule has 0 saturated heterocycles. The first-order chi connectivity index (χ1) is 12.2. The summed E-state index contributed by atoms with van der Waals surface area (Å²) < 4.78 is 15.9. The second-order valence-corrected chi connectivity index (χ2v) is 6.03. The minimum Gasteiger partial charge on any atom is -0.454 e. The van der Waals surface area contributed by atoms with E-state index in [1.54, 1.807) is 6.08 Å². The van der Waals surface area contributed by atoms with E-state index in [4.69, 9.17) is 14.2 Å². The average Bonchev–Trinajstić information content (AvgIpc) is 3.19. The average molecular weight is 335 g/mol. The van der Waals surface area contributed by atoms with Gasteiger partial charge in [-0.25, -0.2) is 9.79 Å². The van der Waals surface area contributed by atoms with Crippen LogP contribution in [0.5, 0.6) is 11.5 Å². The highest BCUT2D eigenvalue weighted by Gasteiger charge is 2.23. The van der Waals surface area contributed by atoms with Gasteiger partial charge in [0.1, 0.15) is 0 Å². The number of fused-ring (bicyclic) bond motifs is 1. The Hall–Kier alpha value is -3.08. The Morgan fingerprint density at radius 2 is 1.96 bits per heavy atom. The fourth-order valence-electron chi connectivity index (χ4n) is 2.84. The smallest absolute Gasteiger partial charge is 0.363 e. The molecule has 0 aliphatic carbocycles. The maximum Gasteiger partial charge on any atom is 0.363 e. The normalized spacial score (nSPS) is 16.9. The Bertz CT molecular complexity index is 898. The third kappa shape index (κ3) is 3.40. The first kappa shape index (κ1) is 15.4. The van der Waals surface area contributed by atoms with Crippen molar-refractivity contribution in [3.63, 3.8) is 0 Å². The number of ether oxygens (including phenoxy) is 3. The van der Waals surface area contributed by atoms with Gasteiger partial charge in [-0.15, -0.1) is 0 Å². The van der Waals surface area contributed by atoms with Crippen molar-refractivity contribution in [2.75, 3.05) is 6.79 Å². The molecule has 2 aliphatic rings. The first-order valence-electron chi connectivity index (χ1n) is 8.14. The van der Waals surface area contributed by atoms with Crippen LogP contribution in [0.25, 0.3) is 6.08 Å². The molecule has 0 atom stereocenters. The number of carbonyl (C=O) groups excluding carboxylic acids is 1. The Morgan fingerprint density at radius 3 is 2.84 bits per heavy atom. The molecule has 0 aromatic heterocycles. The van der Waals surface area contributed by atoms with Crippen molar-refractivity contribution in [1.82, 2.24) is 0 Å². The van der Waals surface area contributed by atoms with Crippen molar-refractivity contribution in [1.29, 1.82) is 0 Å². The number of cyclic esters (lactones) is 1. The van der Waals surface area contributed by atoms with Gasteiger partial charge in [-0.3, -0.25) is 0 Å². The lowest BCUT2D eigenvalue weighted by Crippen LogP contribution is -2.05. The molecular weight excluding hydrogens is 318 g/mol. The van der Waals surface area contributed by atoms with Gasteiger partial charge in [-0.1, -0.05) is 35.9 Å². The number of carbonyl (C=O) groups is 1. The van der Waals surface area contributed by atoms with Crippen LogP contribution >= 0.6 is 0 Å². The summed E-state index contributed by atoms with van der Waals surface area (Å²) in [5.74, 6) is 1.42. The van der Waals surface area contributed by atoms with Crippen molar-refractivity contribution < 1.29 is 19.0 Å². The monoisotopic (exact) mass is 335 g/mol. The van der Waals surface area contributed by atoms with Gasteiger partial charge < -0.3 is 14.2 Å². The number of hydrogen-bond donors (Lipinski definition) is 0. The minimum absolute atomic E-state index is 0.221. The summed E-state index contributed by atoms with van der Waals surface area (Å²) in [7, 11) is 0. The van der Waals surface area contributed by atoms with Crippen LogP contribution < -0.4 is 9.47 Å². The highest BCUT2D eigenvalue weighted by atomic mass is 16.7. The quantitative estimate of drug-likeness (QED) is 0.632. The van der Waals surface area contributed by atoms with Crippen LogP contribution in [0.3, 0.4) is 0 Å². The zero-order valence-corrected chi connectivity index (χ0v) is 13.8. The summed E-state index contributed by atoms with van der Waals surface area (Å²) >= 11 is 0. The van der Waals surface area contributed by atoms with Gasteiger partial charge in [-0.05, 0) is 42.7 Å². The molecule has 2 heterocycles. The maximum absolute atomic E-state index is 12.0. The van der Waals surface area contributed by atoms with Crippen LogP contribution in [0.15, 0.2) is 53.2 Å². The van der Waals surface area contributed by atoms with Crippen molar-refractivity contribution in [3.05, 3.63) is 64.9 Å². The molecule has 0 N–H and O–H groups in total. The van der Waals surface area contributed by atoms with Crippen LogP contribution in [0, 0.1) is 6.92 Å². The summed E-state index contributed by atoms with van der Waals surface area (Å²) in [5, 5.41) is 0. The van der Waals surface area contributed by atoms with Gasteiger partial charge in [0.2, 0.25) is 6.79 Å². The molecule has 2 aromatic rings. The van der Waals surface area contributed by atoms with Crippen molar-refractivity contribution in [3.8, 4) is 11.5 Å². The molecule has 126 valence electrons. The summed E-state index contributed by atoms with van der Waals surface area (Å²) in [4.78, 5) is 16.4. The van der Waals surface area contributed by atoms with E-state index in [9.17, 15) is 4.79 Å². The lowest BCUT2D eigenvalue weighted by atomic mass is 10.1. The lowest BCUT2D eigenvalue weighted by Gasteiger charge is -2.01. The Labute approximate surface area is 145 Å². The van der Waals surface area contributed by atoms with E-state index in [-0.39, 0.29) is 6.79 Å². The van der Waals surface area contributed by atoms with Gasteiger partial charge in [0.25, 0.3) is 0 Å². The molecular formula is C20H17NO4. The molecule has 0 amide bonds. The fourth-order valence-corrected chi connectivity index (χ4v) is 2.84. The summed E-state index contributed by atoms with van der Waals surface area (Å²) in [6.07, 6.45) is 3.07. The van der Waals surface area contributed by atoms with E-state index in [0.29, 0.717) is 29.5 Å². The van der Waals surface area contributed by atoms with Gasteiger partial charge in [0.15, 0.2) is 23.1 Å². The molecule has 4 rings (SSSR count). The third-order valence-electron chi connectivity index (χ3n) is 4.07. The Kier molecular flexibility index (Phi) is 3.98. The molecule has 2 aromatic carbocycles. The Morgan fingerprint density at radius 1 is 1.08 bits per heavy atom. The number of aliphatic imine (C=N–C) groups is 1. The number of benzene rings is 2. The van der Waals surface area contributed by atoms with Gasteiger partial charge >= 0.3 is 5.97 Å². The van der Waals surface area contributed by atoms with Gasteiger partial charge in [0, 0.05) is 6.42 Å². The zero-order chi connectivity index (χ0) is 17.2. The summed E-state index contributed by atoms with van der Waals surface area (Å²) in [6, 6.07) is 13.8. The van der Waals surface area contributed by atoms with E-state index in [1.807, 2.05) is 24.3 Å². The molecule has 2 aliphatic heterocycles. The van der Waals surface area contributed by atoms with Gasteiger partial charge in [0.05, 0.1) is 0 Å². The van der Waals surface area contributed by atoms with E-state index < -0.39 is 5.97 Å². The van der Waals surface area contributed by atoms with Crippen LogP contribution in [-0.4, -0.2) is 18.7 Å². The summed E-state index contributed by atoms with van der Waals surface area (Å²) in [6.45, 7) is 2.28. The lowest BCUT2D eigenvalue weighted by molar-refractivity contribution is -0.130. The van der Waals surface area contributed by atoms with E-state index >= 15 is 0 Å². The number of rotatable bonds is 4. The standard InChI is InChI=1S/C20H17NO4/c1-13-3-2-4-14(9-13)6-8-19-21-16(20(22)25-19)10-15-5-7-17-18(11-15)24-12-23-17/h2-5,7,9-11H,6,8,12H2,1H3/b16-10+. The third-order valence-corrected chi connectivity index (χ3v) is 4.07. The molecule has 0 fully saturated rings. The Balaban J connectivity index is 1.48. The largest absolute Gasteiger partial charge is 0.454 e. The molecule has 5 nitrogen and oxygen atoms in total.